The second-order valence-electron chi connectivity index (χ2n) is 5.20. The predicted octanol–water partition coefficient (Wildman–Crippen LogP) is 5.65. The van der Waals surface area contributed by atoms with Gasteiger partial charge in [-0.2, -0.15) is 0 Å². The molecule has 8 heteroatoms. The minimum atomic E-state index is 0.246. The summed E-state index contributed by atoms with van der Waals surface area (Å²) in [6.07, 6.45) is 0. The minimum Gasteiger partial charge on any atom is -0.484 e. The number of hydrogen-bond donors (Lipinski definition) is 0. The summed E-state index contributed by atoms with van der Waals surface area (Å²) in [6.45, 7) is 0.246. The van der Waals surface area contributed by atoms with Crippen molar-refractivity contribution >= 4 is 46.6 Å². The fraction of sp³-hybridized carbons (Fsp3) is 0.176. The maximum atomic E-state index is 6.18. The Hall–Kier alpha value is -1.40. The minimum absolute atomic E-state index is 0.246. The van der Waals surface area contributed by atoms with Crippen LogP contribution >= 0.6 is 46.6 Å². The molecule has 0 saturated carbocycles. The van der Waals surface area contributed by atoms with Gasteiger partial charge in [-0.05, 0) is 23.8 Å². The Morgan fingerprint density at radius 2 is 1.84 bits per heavy atom. The number of rotatable bonds is 6. The first kappa shape index (κ1) is 18.4. The van der Waals surface area contributed by atoms with E-state index >= 15 is 0 Å². The van der Waals surface area contributed by atoms with Crippen molar-refractivity contribution in [1.29, 1.82) is 0 Å². The molecule has 2 aromatic carbocycles. The normalized spacial score (nSPS) is 10.9. The zero-order valence-electron chi connectivity index (χ0n) is 13.2. The molecule has 0 unspecified atom stereocenters. The summed E-state index contributed by atoms with van der Waals surface area (Å²) in [5.74, 6) is 1.92. The number of halogens is 3. The summed E-state index contributed by atoms with van der Waals surface area (Å²) in [4.78, 5) is 0. The van der Waals surface area contributed by atoms with Crippen LogP contribution < -0.4 is 4.74 Å². The lowest BCUT2D eigenvalue weighted by atomic mass is 10.2. The van der Waals surface area contributed by atoms with E-state index in [0.29, 0.717) is 27.4 Å². The Bertz CT molecular complexity index is 885. The third-order valence-corrected chi connectivity index (χ3v) is 5.47. The van der Waals surface area contributed by atoms with Gasteiger partial charge in [-0.1, -0.05) is 64.8 Å². The van der Waals surface area contributed by atoms with Gasteiger partial charge in [-0.3, -0.25) is 0 Å². The highest BCUT2D eigenvalue weighted by Gasteiger charge is 2.12. The molecule has 0 spiro atoms. The van der Waals surface area contributed by atoms with Crippen molar-refractivity contribution in [1.82, 2.24) is 14.8 Å². The highest BCUT2D eigenvalue weighted by atomic mass is 35.5. The first-order chi connectivity index (χ1) is 12.0. The quantitative estimate of drug-likeness (QED) is 0.489. The van der Waals surface area contributed by atoms with Crippen LogP contribution in [0.5, 0.6) is 5.75 Å². The predicted molar refractivity (Wildman–Crippen MR) is 103 cm³/mol. The Kier molecular flexibility index (Phi) is 6.12. The van der Waals surface area contributed by atoms with Crippen LogP contribution in [-0.2, 0) is 19.4 Å². The van der Waals surface area contributed by atoms with Crippen LogP contribution in [0, 0.1) is 0 Å². The number of benzene rings is 2. The molecule has 0 bridgehead atoms. The van der Waals surface area contributed by atoms with E-state index in [2.05, 4.69) is 10.2 Å². The van der Waals surface area contributed by atoms with Crippen molar-refractivity contribution in [3.63, 3.8) is 0 Å². The fourth-order valence-corrected chi connectivity index (χ4v) is 3.63. The van der Waals surface area contributed by atoms with E-state index in [1.54, 1.807) is 30.0 Å². The molecule has 25 heavy (non-hydrogen) atoms. The molecule has 0 saturated heterocycles. The van der Waals surface area contributed by atoms with Crippen molar-refractivity contribution in [3.8, 4) is 5.75 Å². The maximum Gasteiger partial charge on any atom is 0.191 e. The van der Waals surface area contributed by atoms with Crippen LogP contribution in [0.25, 0.3) is 0 Å². The summed E-state index contributed by atoms with van der Waals surface area (Å²) < 4.78 is 7.60. The third-order valence-electron chi connectivity index (χ3n) is 3.49. The largest absolute Gasteiger partial charge is 0.484 e. The Morgan fingerprint density at radius 1 is 1.04 bits per heavy atom. The Balaban J connectivity index is 1.65. The van der Waals surface area contributed by atoms with Gasteiger partial charge in [0.05, 0.1) is 5.02 Å². The van der Waals surface area contributed by atoms with Crippen LogP contribution in [0.2, 0.25) is 15.1 Å². The standard InChI is InChI=1S/C17H14Cl3N3OS/c1-23-16(9-24-15-8-12(18)6-7-14(15)20)21-22-17(23)25-10-11-4-2-3-5-13(11)19/h2-8H,9-10H2,1H3. The monoisotopic (exact) mass is 413 g/mol. The van der Waals surface area contributed by atoms with Crippen molar-refractivity contribution in [2.24, 2.45) is 7.05 Å². The number of hydrogen-bond acceptors (Lipinski definition) is 4. The topological polar surface area (TPSA) is 39.9 Å². The van der Waals surface area contributed by atoms with E-state index in [1.807, 2.05) is 35.9 Å². The second-order valence-corrected chi connectivity index (χ2v) is 7.39. The number of aromatic nitrogens is 3. The zero-order valence-corrected chi connectivity index (χ0v) is 16.3. The highest BCUT2D eigenvalue weighted by Crippen LogP contribution is 2.29. The molecular formula is C17H14Cl3N3OS. The molecule has 0 aliphatic rings. The van der Waals surface area contributed by atoms with Crippen LogP contribution in [0.3, 0.4) is 0 Å². The molecule has 1 aromatic heterocycles. The molecule has 130 valence electrons. The van der Waals surface area contributed by atoms with Gasteiger partial charge >= 0.3 is 0 Å². The van der Waals surface area contributed by atoms with Crippen molar-refractivity contribution in [2.45, 2.75) is 17.5 Å². The first-order valence-corrected chi connectivity index (χ1v) is 9.49. The molecule has 0 radical (unpaired) electrons. The lowest BCUT2D eigenvalue weighted by Gasteiger charge is -2.08. The van der Waals surface area contributed by atoms with Crippen molar-refractivity contribution in [3.05, 3.63) is 68.9 Å². The molecule has 1 heterocycles. The van der Waals surface area contributed by atoms with E-state index < -0.39 is 0 Å². The number of thioether (sulfide) groups is 1. The van der Waals surface area contributed by atoms with Gasteiger partial charge in [0.15, 0.2) is 11.0 Å². The summed E-state index contributed by atoms with van der Waals surface area (Å²) in [6, 6.07) is 12.8. The van der Waals surface area contributed by atoms with Gasteiger partial charge in [-0.15, -0.1) is 10.2 Å². The summed E-state index contributed by atoms with van der Waals surface area (Å²) >= 11 is 19.8. The van der Waals surface area contributed by atoms with E-state index in [0.717, 1.165) is 15.7 Å². The van der Waals surface area contributed by atoms with Gasteiger partial charge in [0, 0.05) is 28.9 Å². The second kappa shape index (κ2) is 8.32. The Labute approximate surface area is 165 Å². The smallest absolute Gasteiger partial charge is 0.191 e. The van der Waals surface area contributed by atoms with Gasteiger partial charge in [0.2, 0.25) is 0 Å². The lowest BCUT2D eigenvalue weighted by Crippen LogP contribution is -2.04. The average molecular weight is 415 g/mol. The van der Waals surface area contributed by atoms with Crippen LogP contribution in [0.1, 0.15) is 11.4 Å². The molecule has 0 aliphatic heterocycles. The Morgan fingerprint density at radius 3 is 2.64 bits per heavy atom. The maximum absolute atomic E-state index is 6.18. The molecule has 3 aromatic rings. The molecule has 0 atom stereocenters. The van der Waals surface area contributed by atoms with Crippen molar-refractivity contribution < 1.29 is 4.74 Å². The first-order valence-electron chi connectivity index (χ1n) is 7.37. The van der Waals surface area contributed by atoms with E-state index in [4.69, 9.17) is 39.5 Å². The highest BCUT2D eigenvalue weighted by molar-refractivity contribution is 7.98. The number of ether oxygens (including phenoxy) is 1. The molecule has 0 fully saturated rings. The van der Waals surface area contributed by atoms with Gasteiger partial charge in [0.25, 0.3) is 0 Å². The lowest BCUT2D eigenvalue weighted by molar-refractivity contribution is 0.290. The molecule has 3 rings (SSSR count). The third kappa shape index (κ3) is 4.61. The summed E-state index contributed by atoms with van der Waals surface area (Å²) in [5.41, 5.74) is 1.06. The van der Waals surface area contributed by atoms with Gasteiger partial charge in [0.1, 0.15) is 12.4 Å². The SMILES string of the molecule is Cn1c(COc2cc(Cl)ccc2Cl)nnc1SCc1ccccc1Cl. The summed E-state index contributed by atoms with van der Waals surface area (Å²) in [7, 11) is 1.90. The molecule has 0 N–H and O–H groups in total. The van der Waals surface area contributed by atoms with Crippen LogP contribution in [0.4, 0.5) is 0 Å². The zero-order chi connectivity index (χ0) is 17.8. The van der Waals surface area contributed by atoms with E-state index in [9.17, 15) is 0 Å². The molecular weight excluding hydrogens is 401 g/mol. The summed E-state index contributed by atoms with van der Waals surface area (Å²) in [5, 5.41) is 11.0. The fourth-order valence-electron chi connectivity index (χ4n) is 2.08. The van der Waals surface area contributed by atoms with E-state index in [-0.39, 0.29) is 6.61 Å². The van der Waals surface area contributed by atoms with Crippen LogP contribution in [0.15, 0.2) is 47.6 Å². The molecule has 0 amide bonds. The van der Waals surface area contributed by atoms with Crippen LogP contribution in [-0.4, -0.2) is 14.8 Å². The molecule has 0 aliphatic carbocycles. The number of nitrogens with zero attached hydrogens (tertiary/aromatic N) is 3. The van der Waals surface area contributed by atoms with E-state index in [1.165, 1.54) is 0 Å². The molecule has 4 nitrogen and oxygen atoms in total. The van der Waals surface area contributed by atoms with Gasteiger partial charge < -0.3 is 9.30 Å². The average Bonchev–Trinajstić information content (AvgIpc) is 2.95. The van der Waals surface area contributed by atoms with Gasteiger partial charge in [-0.25, -0.2) is 0 Å². The van der Waals surface area contributed by atoms with Crippen molar-refractivity contribution in [2.75, 3.05) is 0 Å².